The highest BCUT2D eigenvalue weighted by molar-refractivity contribution is 5.89. The van der Waals surface area contributed by atoms with Crippen molar-refractivity contribution in [2.24, 2.45) is 5.92 Å². The molecule has 33 heavy (non-hydrogen) atoms. The Bertz CT molecular complexity index is 1090. The summed E-state index contributed by atoms with van der Waals surface area (Å²) in [4.78, 5) is 29.3. The minimum Gasteiger partial charge on any atom is -0.482 e. The van der Waals surface area contributed by atoms with E-state index < -0.39 is 0 Å². The molecule has 2 aromatic rings. The van der Waals surface area contributed by atoms with Gasteiger partial charge in [0.05, 0.1) is 5.92 Å². The maximum atomic E-state index is 13.1. The number of carbonyl (C=O) groups excluding carboxylic acids is 2. The Morgan fingerprint density at radius 1 is 1.03 bits per heavy atom. The molecule has 5 rings (SSSR count). The van der Waals surface area contributed by atoms with E-state index >= 15 is 0 Å². The van der Waals surface area contributed by atoms with Gasteiger partial charge in [-0.2, -0.15) is 0 Å². The van der Waals surface area contributed by atoms with Crippen molar-refractivity contribution in [2.75, 3.05) is 19.6 Å². The molecule has 3 aliphatic rings. The molecule has 2 amide bonds. The molecule has 0 radical (unpaired) electrons. The highest BCUT2D eigenvalue weighted by atomic mass is 16.5. The zero-order valence-electron chi connectivity index (χ0n) is 19.7. The van der Waals surface area contributed by atoms with Crippen LogP contribution in [0.1, 0.15) is 45.6 Å². The Morgan fingerprint density at radius 3 is 2.42 bits per heavy atom. The number of piperidine rings is 1. The van der Waals surface area contributed by atoms with Crippen molar-refractivity contribution in [3.63, 3.8) is 0 Å². The summed E-state index contributed by atoms with van der Waals surface area (Å²) in [6.07, 6.45) is 6.19. The van der Waals surface area contributed by atoms with Crippen LogP contribution in [0.3, 0.4) is 0 Å². The standard InChI is InChI=1S/C28H32N2O3/c1-27(2,3)30-19-23(18-25(30)31)26(32)29-15-13-28(14-16-29)12-11-22-17-21(9-10-24(22)33-28)20-7-5-4-6-8-20/h4-12,17,23H,13-16,18-19H2,1-3H3. The minimum atomic E-state index is -0.360. The van der Waals surface area contributed by atoms with Crippen molar-refractivity contribution in [3.8, 4) is 16.9 Å². The molecule has 5 nitrogen and oxygen atoms in total. The van der Waals surface area contributed by atoms with Crippen molar-refractivity contribution in [2.45, 2.75) is 51.2 Å². The number of likely N-dealkylation sites (tertiary alicyclic amines) is 2. The Morgan fingerprint density at radius 2 is 1.76 bits per heavy atom. The molecule has 1 spiro atoms. The molecule has 0 aliphatic carbocycles. The van der Waals surface area contributed by atoms with Crippen LogP contribution in [0, 0.1) is 5.92 Å². The van der Waals surface area contributed by atoms with Crippen LogP contribution in [-0.2, 0) is 9.59 Å². The van der Waals surface area contributed by atoms with E-state index in [2.05, 4.69) is 42.5 Å². The number of hydrogen-bond donors (Lipinski definition) is 0. The highest BCUT2D eigenvalue weighted by Gasteiger charge is 2.43. The fourth-order valence-corrected chi connectivity index (χ4v) is 5.23. The topological polar surface area (TPSA) is 49.9 Å². The molecule has 0 saturated carbocycles. The van der Waals surface area contributed by atoms with Gasteiger partial charge in [-0.25, -0.2) is 0 Å². The van der Waals surface area contributed by atoms with E-state index in [0.29, 0.717) is 26.1 Å². The molecule has 0 bridgehead atoms. The number of hydrogen-bond acceptors (Lipinski definition) is 3. The molecule has 172 valence electrons. The van der Waals surface area contributed by atoms with Gasteiger partial charge in [-0.05, 0) is 50.1 Å². The molecule has 2 aromatic carbocycles. The van der Waals surface area contributed by atoms with Crippen LogP contribution < -0.4 is 4.74 Å². The first-order valence-electron chi connectivity index (χ1n) is 11.9. The second-order valence-corrected chi connectivity index (χ2v) is 10.5. The van der Waals surface area contributed by atoms with Gasteiger partial charge in [0.2, 0.25) is 11.8 Å². The Balaban J connectivity index is 1.24. The molecular weight excluding hydrogens is 412 g/mol. The fourth-order valence-electron chi connectivity index (χ4n) is 5.23. The number of ether oxygens (including phenoxy) is 1. The van der Waals surface area contributed by atoms with Crippen molar-refractivity contribution in [1.29, 1.82) is 0 Å². The van der Waals surface area contributed by atoms with Gasteiger partial charge in [0, 0.05) is 50.0 Å². The smallest absolute Gasteiger partial charge is 0.227 e. The molecular formula is C28H32N2O3. The number of rotatable bonds is 2. The average molecular weight is 445 g/mol. The van der Waals surface area contributed by atoms with Crippen LogP contribution >= 0.6 is 0 Å². The molecule has 2 saturated heterocycles. The summed E-state index contributed by atoms with van der Waals surface area (Å²) in [6, 6.07) is 16.7. The van der Waals surface area contributed by atoms with E-state index in [-0.39, 0.29) is 28.9 Å². The molecule has 0 aromatic heterocycles. The maximum absolute atomic E-state index is 13.1. The van der Waals surface area contributed by atoms with Gasteiger partial charge in [0.15, 0.2) is 0 Å². The summed E-state index contributed by atoms with van der Waals surface area (Å²) >= 11 is 0. The van der Waals surface area contributed by atoms with Crippen LogP contribution in [0.5, 0.6) is 5.75 Å². The molecule has 2 fully saturated rings. The molecule has 0 N–H and O–H groups in total. The summed E-state index contributed by atoms with van der Waals surface area (Å²) in [6.45, 7) is 7.90. The largest absolute Gasteiger partial charge is 0.482 e. The van der Waals surface area contributed by atoms with Crippen LogP contribution in [0.25, 0.3) is 17.2 Å². The Kier molecular flexibility index (Phi) is 5.31. The normalized spacial score (nSPS) is 21.8. The van der Waals surface area contributed by atoms with Crippen LogP contribution in [0.15, 0.2) is 54.6 Å². The predicted molar refractivity (Wildman–Crippen MR) is 130 cm³/mol. The summed E-state index contributed by atoms with van der Waals surface area (Å²) < 4.78 is 6.50. The Hall–Kier alpha value is -3.08. The number of benzene rings is 2. The van der Waals surface area contributed by atoms with Crippen LogP contribution in [0.4, 0.5) is 0 Å². The first kappa shape index (κ1) is 21.7. The zero-order chi connectivity index (χ0) is 23.2. The summed E-state index contributed by atoms with van der Waals surface area (Å²) in [5.41, 5.74) is 2.85. The van der Waals surface area contributed by atoms with Gasteiger partial charge in [-0.1, -0.05) is 42.5 Å². The van der Waals surface area contributed by atoms with Crippen molar-refractivity contribution < 1.29 is 14.3 Å². The van der Waals surface area contributed by atoms with E-state index in [4.69, 9.17) is 4.74 Å². The zero-order valence-corrected chi connectivity index (χ0v) is 19.7. The monoisotopic (exact) mass is 444 g/mol. The van der Waals surface area contributed by atoms with Gasteiger partial charge in [0.1, 0.15) is 11.4 Å². The van der Waals surface area contributed by atoms with Gasteiger partial charge < -0.3 is 14.5 Å². The van der Waals surface area contributed by atoms with E-state index in [1.807, 2.05) is 48.8 Å². The number of amides is 2. The van der Waals surface area contributed by atoms with E-state index in [1.54, 1.807) is 0 Å². The van der Waals surface area contributed by atoms with E-state index in [0.717, 1.165) is 24.2 Å². The summed E-state index contributed by atoms with van der Waals surface area (Å²) in [7, 11) is 0. The van der Waals surface area contributed by atoms with Gasteiger partial charge >= 0.3 is 0 Å². The summed E-state index contributed by atoms with van der Waals surface area (Å²) in [5.74, 6) is 0.863. The number of carbonyl (C=O) groups is 2. The average Bonchev–Trinajstić information content (AvgIpc) is 3.22. The first-order chi connectivity index (χ1) is 15.7. The van der Waals surface area contributed by atoms with Gasteiger partial charge in [0.25, 0.3) is 0 Å². The molecule has 3 aliphatic heterocycles. The lowest BCUT2D eigenvalue weighted by Crippen LogP contribution is -2.51. The number of fused-ring (bicyclic) bond motifs is 1. The SMILES string of the molecule is CC(C)(C)N1CC(C(=O)N2CCC3(C=Cc4cc(-c5ccccc5)ccc4O3)CC2)CC1=O. The molecule has 1 atom stereocenters. The van der Waals surface area contributed by atoms with Crippen molar-refractivity contribution >= 4 is 17.9 Å². The lowest BCUT2D eigenvalue weighted by Gasteiger charge is -2.42. The van der Waals surface area contributed by atoms with Crippen LogP contribution in [0.2, 0.25) is 0 Å². The lowest BCUT2D eigenvalue weighted by molar-refractivity contribution is -0.138. The molecule has 5 heteroatoms. The minimum absolute atomic E-state index is 0.0827. The van der Waals surface area contributed by atoms with Gasteiger partial charge in [-0.15, -0.1) is 0 Å². The third-order valence-corrected chi connectivity index (χ3v) is 7.20. The highest BCUT2D eigenvalue weighted by Crippen LogP contribution is 2.39. The quantitative estimate of drug-likeness (QED) is 0.671. The first-order valence-corrected chi connectivity index (χ1v) is 11.9. The van der Waals surface area contributed by atoms with E-state index in [1.165, 1.54) is 11.1 Å². The molecule has 1 unspecified atom stereocenters. The predicted octanol–water partition coefficient (Wildman–Crippen LogP) is 4.77. The third kappa shape index (κ3) is 4.17. The second-order valence-electron chi connectivity index (χ2n) is 10.5. The number of nitrogens with zero attached hydrogens (tertiary/aromatic N) is 2. The third-order valence-electron chi connectivity index (χ3n) is 7.20. The maximum Gasteiger partial charge on any atom is 0.227 e. The van der Waals surface area contributed by atoms with Crippen molar-refractivity contribution in [3.05, 3.63) is 60.2 Å². The summed E-state index contributed by atoms with van der Waals surface area (Å²) in [5, 5.41) is 0. The molecule has 3 heterocycles. The lowest BCUT2D eigenvalue weighted by atomic mass is 9.87. The van der Waals surface area contributed by atoms with Crippen LogP contribution in [-0.4, -0.2) is 52.4 Å². The fraction of sp³-hybridized carbons (Fsp3) is 0.429. The Labute approximate surface area is 196 Å². The van der Waals surface area contributed by atoms with Gasteiger partial charge in [-0.3, -0.25) is 9.59 Å². The van der Waals surface area contributed by atoms with E-state index in [9.17, 15) is 9.59 Å². The van der Waals surface area contributed by atoms with Crippen molar-refractivity contribution in [1.82, 2.24) is 9.80 Å². The second kappa shape index (κ2) is 8.05.